The molecule has 1 saturated carbocycles. The minimum absolute atomic E-state index is 0.679. The van der Waals surface area contributed by atoms with Gasteiger partial charge in [0.1, 0.15) is 5.75 Å². The zero-order chi connectivity index (χ0) is 14.4. The van der Waals surface area contributed by atoms with Gasteiger partial charge >= 0.3 is 0 Å². The number of nitrogens with one attached hydrogen (secondary N) is 1. The lowest BCUT2D eigenvalue weighted by atomic mass is 9.71. The Balaban J connectivity index is 2.09. The summed E-state index contributed by atoms with van der Waals surface area (Å²) in [4.78, 5) is 0. The third-order valence-corrected chi connectivity index (χ3v) is 4.61. The van der Waals surface area contributed by atoms with Crippen LogP contribution in [-0.4, -0.2) is 20.2 Å². The second-order valence-electron chi connectivity index (χ2n) is 6.27. The van der Waals surface area contributed by atoms with Crippen molar-refractivity contribution in [3.63, 3.8) is 0 Å². The molecule has 1 aromatic rings. The molecule has 1 aliphatic carbocycles. The van der Waals surface area contributed by atoms with Gasteiger partial charge in [-0.15, -0.1) is 0 Å². The maximum absolute atomic E-state index is 5.39. The van der Waals surface area contributed by atoms with Gasteiger partial charge in [-0.1, -0.05) is 32.4 Å². The van der Waals surface area contributed by atoms with Crippen LogP contribution in [0.4, 0.5) is 0 Å². The van der Waals surface area contributed by atoms with Crippen molar-refractivity contribution in [1.29, 1.82) is 0 Å². The number of hydrogen-bond donors (Lipinski definition) is 1. The Labute approximate surface area is 123 Å². The van der Waals surface area contributed by atoms with Crippen LogP contribution in [0.3, 0.4) is 0 Å². The van der Waals surface area contributed by atoms with Gasteiger partial charge in [0.05, 0.1) is 7.11 Å². The second-order valence-corrected chi connectivity index (χ2v) is 6.27. The first-order chi connectivity index (χ1) is 9.74. The number of methoxy groups -OCH3 is 1. The Hall–Kier alpha value is -1.02. The third-order valence-electron chi connectivity index (χ3n) is 4.61. The fraction of sp³-hybridized carbons (Fsp3) is 0.667. The molecule has 20 heavy (non-hydrogen) atoms. The van der Waals surface area contributed by atoms with Gasteiger partial charge in [-0.25, -0.2) is 0 Å². The van der Waals surface area contributed by atoms with Crippen molar-refractivity contribution >= 4 is 0 Å². The van der Waals surface area contributed by atoms with Crippen LogP contribution >= 0.6 is 0 Å². The first kappa shape index (κ1) is 15.4. The monoisotopic (exact) mass is 275 g/mol. The standard InChI is InChI=1S/C18H29NO/c1-4-10-19-13-16-9-8-14(2)11-18(16)15-6-5-7-17(12-15)20-3/h5-7,12,14,16,18-19H,4,8-11,13H2,1-3H3. The van der Waals surface area contributed by atoms with Crippen LogP contribution < -0.4 is 10.1 Å². The number of hydrogen-bond acceptors (Lipinski definition) is 2. The molecule has 0 radical (unpaired) electrons. The van der Waals surface area contributed by atoms with E-state index in [1.54, 1.807) is 7.11 Å². The molecule has 2 nitrogen and oxygen atoms in total. The molecule has 0 aliphatic heterocycles. The van der Waals surface area contributed by atoms with Gasteiger partial charge in [-0.2, -0.15) is 0 Å². The second kappa shape index (κ2) is 7.68. The highest BCUT2D eigenvalue weighted by molar-refractivity contribution is 5.31. The fourth-order valence-corrected chi connectivity index (χ4v) is 3.43. The van der Waals surface area contributed by atoms with Crippen molar-refractivity contribution in [3.8, 4) is 5.75 Å². The maximum Gasteiger partial charge on any atom is 0.119 e. The summed E-state index contributed by atoms with van der Waals surface area (Å²) < 4.78 is 5.39. The SMILES string of the molecule is CCCNCC1CCC(C)CC1c1cccc(OC)c1. The molecular weight excluding hydrogens is 246 g/mol. The average molecular weight is 275 g/mol. The molecule has 1 aromatic carbocycles. The predicted molar refractivity (Wildman–Crippen MR) is 85.4 cm³/mol. The summed E-state index contributed by atoms with van der Waals surface area (Å²) in [6, 6.07) is 8.68. The molecule has 2 rings (SSSR count). The summed E-state index contributed by atoms with van der Waals surface area (Å²) in [5.41, 5.74) is 1.46. The molecular formula is C18H29NO. The molecule has 0 heterocycles. The molecule has 1 aliphatic rings. The molecule has 1 fully saturated rings. The molecule has 112 valence electrons. The van der Waals surface area contributed by atoms with E-state index in [0.29, 0.717) is 5.92 Å². The van der Waals surface area contributed by atoms with Gasteiger partial charge < -0.3 is 10.1 Å². The number of ether oxygens (including phenoxy) is 1. The number of benzene rings is 1. The van der Waals surface area contributed by atoms with Crippen LogP contribution in [0.15, 0.2) is 24.3 Å². The largest absolute Gasteiger partial charge is 0.497 e. The van der Waals surface area contributed by atoms with E-state index in [4.69, 9.17) is 4.74 Å². The highest BCUT2D eigenvalue weighted by Gasteiger charge is 2.29. The summed E-state index contributed by atoms with van der Waals surface area (Å²) in [5.74, 6) is 3.28. The lowest BCUT2D eigenvalue weighted by Gasteiger charge is -2.35. The van der Waals surface area contributed by atoms with Gasteiger partial charge in [-0.3, -0.25) is 0 Å². The molecule has 1 N–H and O–H groups in total. The van der Waals surface area contributed by atoms with Crippen molar-refractivity contribution in [2.45, 2.75) is 45.4 Å². The van der Waals surface area contributed by atoms with Crippen LogP contribution in [0.1, 0.15) is 51.0 Å². The van der Waals surface area contributed by atoms with Crippen LogP contribution in [0.25, 0.3) is 0 Å². The zero-order valence-electron chi connectivity index (χ0n) is 13.2. The molecule has 0 saturated heterocycles. The quantitative estimate of drug-likeness (QED) is 0.785. The summed E-state index contributed by atoms with van der Waals surface area (Å²) in [6.07, 6.45) is 5.25. The Kier molecular flexibility index (Phi) is 5.90. The van der Waals surface area contributed by atoms with Crippen LogP contribution in [-0.2, 0) is 0 Å². The van der Waals surface area contributed by atoms with Crippen molar-refractivity contribution in [1.82, 2.24) is 5.32 Å². The van der Waals surface area contributed by atoms with Gasteiger partial charge in [0.2, 0.25) is 0 Å². The van der Waals surface area contributed by atoms with Gasteiger partial charge in [0.15, 0.2) is 0 Å². The van der Waals surface area contributed by atoms with E-state index in [2.05, 4.69) is 37.4 Å². The fourth-order valence-electron chi connectivity index (χ4n) is 3.43. The smallest absolute Gasteiger partial charge is 0.119 e. The minimum Gasteiger partial charge on any atom is -0.497 e. The first-order valence-electron chi connectivity index (χ1n) is 8.09. The van der Waals surface area contributed by atoms with E-state index in [1.807, 2.05) is 6.07 Å². The summed E-state index contributed by atoms with van der Waals surface area (Å²) in [7, 11) is 1.75. The van der Waals surface area contributed by atoms with Crippen molar-refractivity contribution in [2.75, 3.05) is 20.2 Å². The number of rotatable bonds is 6. The van der Waals surface area contributed by atoms with Crippen LogP contribution in [0.2, 0.25) is 0 Å². The van der Waals surface area contributed by atoms with E-state index in [-0.39, 0.29) is 0 Å². The Morgan fingerprint density at radius 3 is 2.90 bits per heavy atom. The molecule has 0 spiro atoms. The first-order valence-corrected chi connectivity index (χ1v) is 8.09. The lowest BCUT2D eigenvalue weighted by Crippen LogP contribution is -2.31. The predicted octanol–water partition coefficient (Wildman–Crippen LogP) is 4.21. The van der Waals surface area contributed by atoms with E-state index in [9.17, 15) is 0 Å². The van der Waals surface area contributed by atoms with Crippen molar-refractivity contribution < 1.29 is 4.74 Å². The topological polar surface area (TPSA) is 21.3 Å². The normalized spacial score (nSPS) is 26.4. The summed E-state index contributed by atoms with van der Waals surface area (Å²) in [5, 5.41) is 3.62. The van der Waals surface area contributed by atoms with E-state index >= 15 is 0 Å². The Bertz CT molecular complexity index is 404. The molecule has 3 unspecified atom stereocenters. The van der Waals surface area contributed by atoms with Gasteiger partial charge in [0, 0.05) is 0 Å². The summed E-state index contributed by atoms with van der Waals surface area (Å²) >= 11 is 0. The minimum atomic E-state index is 0.679. The van der Waals surface area contributed by atoms with E-state index in [0.717, 1.165) is 30.7 Å². The molecule has 0 aromatic heterocycles. The van der Waals surface area contributed by atoms with Crippen LogP contribution in [0.5, 0.6) is 5.75 Å². The van der Waals surface area contributed by atoms with Crippen molar-refractivity contribution in [2.24, 2.45) is 11.8 Å². The molecule has 0 amide bonds. The highest BCUT2D eigenvalue weighted by atomic mass is 16.5. The Morgan fingerprint density at radius 2 is 2.15 bits per heavy atom. The van der Waals surface area contributed by atoms with Gasteiger partial charge in [0.25, 0.3) is 0 Å². The lowest BCUT2D eigenvalue weighted by molar-refractivity contribution is 0.241. The maximum atomic E-state index is 5.39. The van der Waals surface area contributed by atoms with E-state index in [1.165, 1.54) is 31.2 Å². The third kappa shape index (κ3) is 3.99. The molecule has 3 atom stereocenters. The average Bonchev–Trinajstić information content (AvgIpc) is 2.49. The van der Waals surface area contributed by atoms with E-state index < -0.39 is 0 Å². The highest BCUT2D eigenvalue weighted by Crippen LogP contribution is 2.40. The summed E-state index contributed by atoms with van der Waals surface area (Å²) in [6.45, 7) is 6.91. The zero-order valence-corrected chi connectivity index (χ0v) is 13.2. The molecule has 2 heteroatoms. The van der Waals surface area contributed by atoms with Crippen molar-refractivity contribution in [3.05, 3.63) is 29.8 Å². The molecule has 0 bridgehead atoms. The van der Waals surface area contributed by atoms with Gasteiger partial charge in [-0.05, 0) is 67.8 Å². The van der Waals surface area contributed by atoms with Crippen LogP contribution in [0, 0.1) is 11.8 Å². The Morgan fingerprint density at radius 1 is 1.30 bits per heavy atom.